The summed E-state index contributed by atoms with van der Waals surface area (Å²) in [6, 6.07) is 9.75. The Kier molecular flexibility index (Phi) is 7.33. The molecule has 5 heteroatoms. The van der Waals surface area contributed by atoms with Crippen molar-refractivity contribution in [2.75, 3.05) is 6.61 Å². The largest absolute Gasteiger partial charge is 0.493 e. The maximum Gasteiger partial charge on any atom is 0.309 e. The summed E-state index contributed by atoms with van der Waals surface area (Å²) in [5.74, 6) is 1.25. The van der Waals surface area contributed by atoms with Gasteiger partial charge >= 0.3 is 5.97 Å². The number of benzene rings is 1. The number of nitrogens with zero attached hydrogens (tertiary/aromatic N) is 1. The van der Waals surface area contributed by atoms with E-state index in [0.717, 1.165) is 31.4 Å². The number of carbonyl (C=O) groups excluding carboxylic acids is 1. The fraction of sp³-hybridized carbons (Fsp3) is 0.571. The van der Waals surface area contributed by atoms with E-state index >= 15 is 0 Å². The molecule has 1 aromatic rings. The van der Waals surface area contributed by atoms with Crippen LogP contribution in [-0.4, -0.2) is 29.9 Å². The van der Waals surface area contributed by atoms with Gasteiger partial charge in [0.15, 0.2) is 0 Å². The second-order valence-electron chi connectivity index (χ2n) is 7.94. The van der Waals surface area contributed by atoms with Crippen LogP contribution in [-0.2, 0) is 9.53 Å². The van der Waals surface area contributed by atoms with Crippen LogP contribution in [0.3, 0.4) is 0 Å². The topological polar surface area (TPSA) is 47.9 Å². The van der Waals surface area contributed by atoms with Gasteiger partial charge in [0.1, 0.15) is 16.3 Å². The second kappa shape index (κ2) is 9.26. The highest BCUT2D eigenvalue weighted by molar-refractivity contribution is 7.80. The molecule has 0 aromatic heterocycles. The van der Waals surface area contributed by atoms with Crippen LogP contribution in [0.2, 0.25) is 0 Å². The van der Waals surface area contributed by atoms with Gasteiger partial charge in [-0.3, -0.25) is 9.79 Å². The minimum absolute atomic E-state index is 0.0832. The molecule has 2 rings (SSSR count). The number of ether oxygens (including phenoxy) is 2. The number of thiocarbonyl (C=S) groups is 1. The molecular formula is C21H29NO3S. The molecule has 1 saturated carbocycles. The first-order valence-electron chi connectivity index (χ1n) is 9.18. The Hall–Kier alpha value is -1.75. The van der Waals surface area contributed by atoms with Crippen LogP contribution in [0.25, 0.3) is 0 Å². The maximum atomic E-state index is 12.5. The normalized spacial score (nSPS) is 23.1. The Morgan fingerprint density at radius 3 is 2.54 bits per heavy atom. The SMILES string of the molecule is C=NC(=S)CC1CC[C@H](C(=O)OC(C)(C)C)CC1COc1ccccc1. The minimum atomic E-state index is -0.460. The zero-order valence-electron chi connectivity index (χ0n) is 15.9. The summed E-state index contributed by atoms with van der Waals surface area (Å²) in [6.45, 7) is 9.81. The summed E-state index contributed by atoms with van der Waals surface area (Å²) >= 11 is 5.26. The Labute approximate surface area is 162 Å². The highest BCUT2D eigenvalue weighted by Crippen LogP contribution is 2.38. The van der Waals surface area contributed by atoms with Gasteiger partial charge in [0, 0.05) is 6.42 Å². The molecule has 2 unspecified atom stereocenters. The molecule has 0 amide bonds. The quantitative estimate of drug-likeness (QED) is 0.405. The first-order chi connectivity index (χ1) is 12.3. The van der Waals surface area contributed by atoms with Gasteiger partial charge in [-0.15, -0.1) is 0 Å². The van der Waals surface area contributed by atoms with Crippen molar-refractivity contribution in [3.8, 4) is 5.75 Å². The van der Waals surface area contributed by atoms with E-state index in [9.17, 15) is 4.79 Å². The molecule has 1 fully saturated rings. The fourth-order valence-electron chi connectivity index (χ4n) is 3.41. The van der Waals surface area contributed by atoms with E-state index < -0.39 is 5.60 Å². The summed E-state index contributed by atoms with van der Waals surface area (Å²) < 4.78 is 11.6. The molecule has 0 radical (unpaired) electrons. The zero-order valence-corrected chi connectivity index (χ0v) is 16.8. The summed E-state index contributed by atoms with van der Waals surface area (Å²) in [4.78, 5) is 17.0. The number of rotatable bonds is 6. The number of aliphatic imine (C=N–C) groups is 1. The predicted octanol–water partition coefficient (Wildman–Crippen LogP) is 4.86. The van der Waals surface area contributed by atoms with Crippen molar-refractivity contribution >= 4 is 29.9 Å². The summed E-state index contributed by atoms with van der Waals surface area (Å²) in [5.41, 5.74) is -0.460. The lowest BCUT2D eigenvalue weighted by molar-refractivity contribution is -0.162. The maximum absolute atomic E-state index is 12.5. The Morgan fingerprint density at radius 2 is 1.92 bits per heavy atom. The van der Waals surface area contributed by atoms with Gasteiger partial charge < -0.3 is 9.47 Å². The van der Waals surface area contributed by atoms with E-state index in [1.54, 1.807) is 0 Å². The van der Waals surface area contributed by atoms with E-state index in [1.807, 2.05) is 51.1 Å². The van der Waals surface area contributed by atoms with Crippen molar-refractivity contribution in [2.45, 2.75) is 52.1 Å². The van der Waals surface area contributed by atoms with E-state index in [-0.39, 0.29) is 17.8 Å². The lowest BCUT2D eigenvalue weighted by atomic mass is 9.73. The lowest BCUT2D eigenvalue weighted by Crippen LogP contribution is -2.36. The monoisotopic (exact) mass is 375 g/mol. The molecule has 26 heavy (non-hydrogen) atoms. The molecule has 0 spiro atoms. The Balaban J connectivity index is 2.03. The van der Waals surface area contributed by atoms with Crippen molar-refractivity contribution in [1.29, 1.82) is 0 Å². The van der Waals surface area contributed by atoms with Crippen molar-refractivity contribution < 1.29 is 14.3 Å². The van der Waals surface area contributed by atoms with Crippen molar-refractivity contribution in [1.82, 2.24) is 0 Å². The summed E-state index contributed by atoms with van der Waals surface area (Å²) in [6.07, 6.45) is 3.22. The van der Waals surface area contributed by atoms with Crippen LogP contribution >= 0.6 is 12.2 Å². The first kappa shape index (κ1) is 20.6. The molecule has 0 bridgehead atoms. The van der Waals surface area contributed by atoms with Crippen molar-refractivity contribution in [3.05, 3.63) is 30.3 Å². The molecule has 1 aromatic carbocycles. The predicted molar refractivity (Wildman–Crippen MR) is 109 cm³/mol. The Morgan fingerprint density at radius 1 is 1.23 bits per heavy atom. The van der Waals surface area contributed by atoms with Crippen LogP contribution in [0.1, 0.15) is 46.5 Å². The lowest BCUT2D eigenvalue weighted by Gasteiger charge is -2.36. The number of carbonyl (C=O) groups is 1. The van der Waals surface area contributed by atoms with E-state index in [4.69, 9.17) is 21.7 Å². The molecule has 3 atom stereocenters. The smallest absolute Gasteiger partial charge is 0.309 e. The van der Waals surface area contributed by atoms with Crippen molar-refractivity contribution in [3.63, 3.8) is 0 Å². The van der Waals surface area contributed by atoms with Gasteiger partial charge in [-0.05, 0) is 70.7 Å². The van der Waals surface area contributed by atoms with Gasteiger partial charge in [0.2, 0.25) is 0 Å². The summed E-state index contributed by atoms with van der Waals surface area (Å²) in [7, 11) is 0. The van der Waals surface area contributed by atoms with Crippen LogP contribution in [0.15, 0.2) is 35.3 Å². The van der Waals surface area contributed by atoms with Crippen LogP contribution in [0.4, 0.5) is 0 Å². The number of para-hydroxylation sites is 1. The average molecular weight is 376 g/mol. The van der Waals surface area contributed by atoms with Gasteiger partial charge in [0.25, 0.3) is 0 Å². The van der Waals surface area contributed by atoms with Crippen molar-refractivity contribution in [2.24, 2.45) is 22.7 Å². The van der Waals surface area contributed by atoms with E-state index in [2.05, 4.69) is 11.7 Å². The zero-order chi connectivity index (χ0) is 19.2. The summed E-state index contributed by atoms with van der Waals surface area (Å²) in [5, 5.41) is 0. The molecular weight excluding hydrogens is 346 g/mol. The van der Waals surface area contributed by atoms with E-state index in [0.29, 0.717) is 17.5 Å². The third kappa shape index (κ3) is 6.52. The molecule has 142 valence electrons. The van der Waals surface area contributed by atoms with Gasteiger partial charge in [0.05, 0.1) is 12.5 Å². The fourth-order valence-corrected chi connectivity index (χ4v) is 3.62. The number of hydrogen-bond donors (Lipinski definition) is 0. The minimum Gasteiger partial charge on any atom is -0.493 e. The molecule has 1 aliphatic carbocycles. The highest BCUT2D eigenvalue weighted by Gasteiger charge is 2.36. The second-order valence-corrected chi connectivity index (χ2v) is 8.41. The Bertz CT molecular complexity index is 624. The van der Waals surface area contributed by atoms with Gasteiger partial charge in [-0.1, -0.05) is 30.4 Å². The van der Waals surface area contributed by atoms with Crippen LogP contribution in [0, 0.1) is 17.8 Å². The van der Waals surface area contributed by atoms with Crippen LogP contribution in [0.5, 0.6) is 5.75 Å². The molecule has 1 aliphatic rings. The number of hydrogen-bond acceptors (Lipinski definition) is 4. The average Bonchev–Trinajstić information content (AvgIpc) is 2.60. The third-order valence-electron chi connectivity index (χ3n) is 4.70. The first-order valence-corrected chi connectivity index (χ1v) is 9.59. The molecule has 0 heterocycles. The molecule has 0 saturated heterocycles. The third-order valence-corrected chi connectivity index (χ3v) is 5.00. The highest BCUT2D eigenvalue weighted by atomic mass is 32.1. The van der Waals surface area contributed by atoms with Gasteiger partial charge in [-0.25, -0.2) is 0 Å². The van der Waals surface area contributed by atoms with Crippen LogP contribution < -0.4 is 4.74 Å². The molecule has 0 aliphatic heterocycles. The number of esters is 1. The molecule has 0 N–H and O–H groups in total. The molecule has 4 nitrogen and oxygen atoms in total. The van der Waals surface area contributed by atoms with E-state index in [1.165, 1.54) is 0 Å². The standard InChI is InChI=1S/C21H29NO3S/c1-21(2,3)25-20(23)16-11-10-15(13-19(26)22-4)17(12-16)14-24-18-8-6-5-7-9-18/h5-9,15-17H,4,10-14H2,1-3H3/t15?,16-,17?/m0/s1. The van der Waals surface area contributed by atoms with Gasteiger partial charge in [-0.2, -0.15) is 0 Å².